The molecule has 1 aliphatic heterocycles. The molecule has 1 amide bonds. The van der Waals surface area contributed by atoms with Gasteiger partial charge in [0.2, 0.25) is 0 Å². The molecular weight excluding hydrogens is 409 g/mol. The molecular formula is C24H22FN5O2. The average Bonchev–Trinajstić information content (AvgIpc) is 3.58. The Labute approximate surface area is 184 Å². The number of carbonyl (C=O) groups excluding carboxylic acids is 1. The van der Waals surface area contributed by atoms with Crippen LogP contribution >= 0.6 is 0 Å². The molecule has 162 valence electrons. The summed E-state index contributed by atoms with van der Waals surface area (Å²) >= 11 is 0. The Balaban J connectivity index is 1.34. The summed E-state index contributed by atoms with van der Waals surface area (Å²) in [4.78, 5) is 21.7. The molecule has 0 saturated carbocycles. The topological polar surface area (TPSA) is 66.9 Å². The lowest BCUT2D eigenvalue weighted by atomic mass is 10.1. The highest BCUT2D eigenvalue weighted by Crippen LogP contribution is 2.33. The second-order valence-corrected chi connectivity index (χ2v) is 8.28. The molecule has 32 heavy (non-hydrogen) atoms. The van der Waals surface area contributed by atoms with E-state index in [0.717, 1.165) is 47.7 Å². The summed E-state index contributed by atoms with van der Waals surface area (Å²) in [5.74, 6) is 1.11. The zero-order valence-electron chi connectivity index (χ0n) is 17.5. The Kier molecular flexibility index (Phi) is 4.45. The number of aromatic nitrogens is 3. The third-order valence-electron chi connectivity index (χ3n) is 6.34. The number of amides is 1. The zero-order valence-corrected chi connectivity index (χ0v) is 17.5. The van der Waals surface area contributed by atoms with Crippen LogP contribution < -0.4 is 4.90 Å². The minimum absolute atomic E-state index is 0.0718. The minimum atomic E-state index is -0.266. The minimum Gasteiger partial charge on any atom is -0.459 e. The molecule has 2 aliphatic rings. The van der Waals surface area contributed by atoms with Gasteiger partial charge in [-0.05, 0) is 55.7 Å². The lowest BCUT2D eigenvalue weighted by Gasteiger charge is -2.36. The first-order valence-corrected chi connectivity index (χ1v) is 10.9. The summed E-state index contributed by atoms with van der Waals surface area (Å²) in [6, 6.07) is 11.8. The smallest absolute Gasteiger partial charge is 0.289 e. The summed E-state index contributed by atoms with van der Waals surface area (Å²) in [5, 5.41) is 4.85. The van der Waals surface area contributed by atoms with Crippen molar-refractivity contribution >= 4 is 17.4 Å². The lowest BCUT2D eigenvalue weighted by Crippen LogP contribution is -2.49. The summed E-state index contributed by atoms with van der Waals surface area (Å²) < 4.78 is 20.6. The van der Waals surface area contributed by atoms with Crippen LogP contribution in [-0.2, 0) is 12.8 Å². The molecule has 7 nitrogen and oxygen atoms in total. The maximum Gasteiger partial charge on any atom is 0.289 e. The highest BCUT2D eigenvalue weighted by molar-refractivity contribution is 5.91. The van der Waals surface area contributed by atoms with Gasteiger partial charge in [0.25, 0.3) is 5.91 Å². The van der Waals surface area contributed by atoms with Crippen molar-refractivity contribution in [3.05, 3.63) is 71.6 Å². The van der Waals surface area contributed by atoms with Crippen LogP contribution in [0.15, 0.2) is 53.1 Å². The van der Waals surface area contributed by atoms with Crippen LogP contribution in [0.2, 0.25) is 0 Å². The van der Waals surface area contributed by atoms with Crippen molar-refractivity contribution in [2.45, 2.75) is 19.3 Å². The average molecular weight is 431 g/mol. The van der Waals surface area contributed by atoms with Crippen molar-refractivity contribution in [2.75, 3.05) is 31.1 Å². The predicted molar refractivity (Wildman–Crippen MR) is 117 cm³/mol. The van der Waals surface area contributed by atoms with Gasteiger partial charge < -0.3 is 14.2 Å². The number of hydrogen-bond donors (Lipinski definition) is 0. The number of carbonyl (C=O) groups is 1. The number of piperazine rings is 1. The second-order valence-electron chi connectivity index (χ2n) is 8.28. The van der Waals surface area contributed by atoms with Crippen LogP contribution in [0.5, 0.6) is 0 Å². The standard InChI is InChI=1S/C24H22FN5O2/c25-17-8-6-16(7-9-17)20-15-22-26-19-4-1-3-18(19)23(30(22)27-20)28-10-12-29(13-11-28)24(31)21-5-2-14-32-21/h2,5-9,14-15H,1,3-4,10-13H2. The van der Waals surface area contributed by atoms with Gasteiger partial charge >= 0.3 is 0 Å². The summed E-state index contributed by atoms with van der Waals surface area (Å²) in [7, 11) is 0. The van der Waals surface area contributed by atoms with Crippen molar-refractivity contribution in [3.63, 3.8) is 0 Å². The monoisotopic (exact) mass is 431 g/mol. The van der Waals surface area contributed by atoms with Crippen molar-refractivity contribution in [3.8, 4) is 11.3 Å². The Hall–Kier alpha value is -3.68. The maximum atomic E-state index is 13.4. The highest BCUT2D eigenvalue weighted by atomic mass is 19.1. The molecule has 0 unspecified atom stereocenters. The Morgan fingerprint density at radius 1 is 1.03 bits per heavy atom. The summed E-state index contributed by atoms with van der Waals surface area (Å²) in [5.41, 5.74) is 4.81. The third-order valence-corrected chi connectivity index (χ3v) is 6.34. The molecule has 0 N–H and O–H groups in total. The lowest BCUT2D eigenvalue weighted by molar-refractivity contribution is 0.0714. The molecule has 1 aromatic carbocycles. The predicted octanol–water partition coefficient (Wildman–Crippen LogP) is 3.58. The van der Waals surface area contributed by atoms with Crippen LogP contribution in [0.4, 0.5) is 10.2 Å². The van der Waals surface area contributed by atoms with Gasteiger partial charge in [0, 0.05) is 49.1 Å². The second kappa shape index (κ2) is 7.47. The molecule has 8 heteroatoms. The molecule has 6 rings (SSSR count). The van der Waals surface area contributed by atoms with Crippen LogP contribution in [0.3, 0.4) is 0 Å². The molecule has 1 fully saturated rings. The molecule has 0 radical (unpaired) electrons. The molecule has 1 aliphatic carbocycles. The molecule has 4 heterocycles. The number of nitrogens with zero attached hydrogens (tertiary/aromatic N) is 5. The van der Waals surface area contributed by atoms with Crippen LogP contribution in [0.1, 0.15) is 28.2 Å². The fourth-order valence-corrected chi connectivity index (χ4v) is 4.73. The Morgan fingerprint density at radius 2 is 1.84 bits per heavy atom. The number of furan rings is 1. The van der Waals surface area contributed by atoms with Crippen molar-refractivity contribution in [1.29, 1.82) is 0 Å². The van der Waals surface area contributed by atoms with Crippen LogP contribution in [0.25, 0.3) is 16.9 Å². The van der Waals surface area contributed by atoms with Crippen LogP contribution in [-0.4, -0.2) is 51.6 Å². The van der Waals surface area contributed by atoms with E-state index in [1.807, 2.05) is 15.5 Å². The molecule has 0 spiro atoms. The van der Waals surface area contributed by atoms with E-state index in [-0.39, 0.29) is 11.7 Å². The number of rotatable bonds is 3. The molecule has 4 aromatic rings. The number of aryl methyl sites for hydroxylation is 1. The zero-order chi connectivity index (χ0) is 21.7. The SMILES string of the molecule is O=C(c1ccco1)N1CCN(c2c3c(nc4cc(-c5ccc(F)cc5)nn24)CCC3)CC1. The van der Waals surface area contributed by atoms with Crippen LogP contribution in [0, 0.1) is 5.82 Å². The Morgan fingerprint density at radius 3 is 2.59 bits per heavy atom. The van der Waals surface area contributed by atoms with Gasteiger partial charge in [-0.15, -0.1) is 0 Å². The van der Waals surface area contributed by atoms with Gasteiger partial charge in [-0.25, -0.2) is 9.37 Å². The van der Waals surface area contributed by atoms with Gasteiger partial charge in [-0.1, -0.05) is 0 Å². The number of anilines is 1. The van der Waals surface area contributed by atoms with E-state index in [1.54, 1.807) is 24.3 Å². The van der Waals surface area contributed by atoms with E-state index >= 15 is 0 Å². The first-order valence-electron chi connectivity index (χ1n) is 10.9. The van der Waals surface area contributed by atoms with Crippen molar-refractivity contribution < 1.29 is 13.6 Å². The summed E-state index contributed by atoms with van der Waals surface area (Å²) in [6.07, 6.45) is 4.55. The van der Waals surface area contributed by atoms with E-state index in [9.17, 15) is 9.18 Å². The highest BCUT2D eigenvalue weighted by Gasteiger charge is 2.29. The van der Waals surface area contributed by atoms with Crippen molar-refractivity contribution in [1.82, 2.24) is 19.5 Å². The number of halogens is 1. The van der Waals surface area contributed by atoms with E-state index in [2.05, 4.69) is 4.90 Å². The normalized spacial score (nSPS) is 16.0. The van der Waals surface area contributed by atoms with Gasteiger partial charge in [-0.2, -0.15) is 9.61 Å². The number of hydrogen-bond acceptors (Lipinski definition) is 5. The van der Waals surface area contributed by atoms with E-state index in [0.29, 0.717) is 31.9 Å². The molecule has 1 saturated heterocycles. The first-order chi connectivity index (χ1) is 15.7. The molecule has 0 atom stereocenters. The Bertz CT molecular complexity index is 1290. The maximum absolute atomic E-state index is 13.4. The summed E-state index contributed by atoms with van der Waals surface area (Å²) in [6.45, 7) is 2.65. The van der Waals surface area contributed by atoms with E-state index in [4.69, 9.17) is 14.5 Å². The van der Waals surface area contributed by atoms with Gasteiger partial charge in [0.05, 0.1) is 12.0 Å². The van der Waals surface area contributed by atoms with Gasteiger partial charge in [0.15, 0.2) is 11.4 Å². The van der Waals surface area contributed by atoms with Gasteiger partial charge in [0.1, 0.15) is 11.6 Å². The number of benzene rings is 1. The molecule has 0 bridgehead atoms. The van der Waals surface area contributed by atoms with Crippen molar-refractivity contribution in [2.24, 2.45) is 0 Å². The van der Waals surface area contributed by atoms with E-state index < -0.39 is 0 Å². The number of fused-ring (bicyclic) bond motifs is 2. The first kappa shape index (κ1) is 19.0. The largest absolute Gasteiger partial charge is 0.459 e. The van der Waals surface area contributed by atoms with Gasteiger partial charge in [-0.3, -0.25) is 4.79 Å². The quantitative estimate of drug-likeness (QED) is 0.496. The third kappa shape index (κ3) is 3.14. The molecule has 3 aromatic heterocycles. The van der Waals surface area contributed by atoms with E-state index in [1.165, 1.54) is 24.0 Å². The fourth-order valence-electron chi connectivity index (χ4n) is 4.73. The fraction of sp³-hybridized carbons (Fsp3) is 0.292.